The molecule has 0 aromatic rings. The van der Waals surface area contributed by atoms with E-state index in [9.17, 15) is 4.79 Å². The highest BCUT2D eigenvalue weighted by molar-refractivity contribution is 5.72. The van der Waals surface area contributed by atoms with E-state index in [1.807, 2.05) is 0 Å². The number of rotatable bonds is 5. The first-order valence-corrected chi connectivity index (χ1v) is 5.34. The first-order valence-electron chi connectivity index (χ1n) is 5.34. The SMILES string of the molecule is O=C(O)C1CCC(CNCC2CC2)O1. The molecule has 0 aromatic carbocycles. The Morgan fingerprint density at radius 1 is 1.29 bits per heavy atom. The Bertz CT molecular complexity index is 215. The maximum Gasteiger partial charge on any atom is 0.332 e. The molecule has 2 unspecified atom stereocenters. The summed E-state index contributed by atoms with van der Waals surface area (Å²) in [7, 11) is 0. The van der Waals surface area contributed by atoms with Crippen molar-refractivity contribution in [2.75, 3.05) is 13.1 Å². The average Bonchev–Trinajstić information content (AvgIpc) is 2.82. The van der Waals surface area contributed by atoms with E-state index in [0.29, 0.717) is 6.42 Å². The van der Waals surface area contributed by atoms with Gasteiger partial charge in [-0.2, -0.15) is 0 Å². The fourth-order valence-corrected chi connectivity index (χ4v) is 1.81. The normalized spacial score (nSPS) is 32.0. The van der Waals surface area contributed by atoms with E-state index < -0.39 is 12.1 Å². The van der Waals surface area contributed by atoms with Gasteiger partial charge in [0.25, 0.3) is 0 Å². The summed E-state index contributed by atoms with van der Waals surface area (Å²) in [5.41, 5.74) is 0. The number of hydrogen-bond acceptors (Lipinski definition) is 3. The fourth-order valence-electron chi connectivity index (χ4n) is 1.81. The molecule has 2 atom stereocenters. The minimum Gasteiger partial charge on any atom is -0.479 e. The molecule has 1 saturated heterocycles. The summed E-state index contributed by atoms with van der Waals surface area (Å²) in [4.78, 5) is 10.6. The molecule has 0 radical (unpaired) electrons. The van der Waals surface area contributed by atoms with Gasteiger partial charge in [0.05, 0.1) is 6.10 Å². The van der Waals surface area contributed by atoms with E-state index >= 15 is 0 Å². The summed E-state index contributed by atoms with van der Waals surface area (Å²) in [6.45, 7) is 1.87. The average molecular weight is 199 g/mol. The first-order chi connectivity index (χ1) is 6.75. The molecule has 1 aliphatic carbocycles. The highest BCUT2D eigenvalue weighted by Crippen LogP contribution is 2.27. The van der Waals surface area contributed by atoms with Crippen LogP contribution in [0.5, 0.6) is 0 Å². The van der Waals surface area contributed by atoms with Gasteiger partial charge < -0.3 is 15.2 Å². The predicted molar refractivity (Wildman–Crippen MR) is 51.1 cm³/mol. The van der Waals surface area contributed by atoms with Crippen LogP contribution < -0.4 is 5.32 Å². The van der Waals surface area contributed by atoms with Gasteiger partial charge in [-0.05, 0) is 38.1 Å². The second-order valence-electron chi connectivity index (χ2n) is 4.26. The van der Waals surface area contributed by atoms with Crippen LogP contribution in [0.4, 0.5) is 0 Å². The van der Waals surface area contributed by atoms with Gasteiger partial charge in [-0.1, -0.05) is 0 Å². The molecule has 4 nitrogen and oxygen atoms in total. The molecule has 2 rings (SSSR count). The van der Waals surface area contributed by atoms with Crippen LogP contribution in [0.3, 0.4) is 0 Å². The molecule has 0 spiro atoms. The molecule has 2 fully saturated rings. The second-order valence-corrected chi connectivity index (χ2v) is 4.26. The monoisotopic (exact) mass is 199 g/mol. The topological polar surface area (TPSA) is 58.6 Å². The van der Waals surface area contributed by atoms with Crippen LogP contribution in [0, 0.1) is 5.92 Å². The fraction of sp³-hybridized carbons (Fsp3) is 0.900. The van der Waals surface area contributed by atoms with E-state index in [1.165, 1.54) is 12.8 Å². The van der Waals surface area contributed by atoms with Crippen molar-refractivity contribution in [3.05, 3.63) is 0 Å². The molecule has 14 heavy (non-hydrogen) atoms. The van der Waals surface area contributed by atoms with Crippen molar-refractivity contribution in [3.8, 4) is 0 Å². The van der Waals surface area contributed by atoms with Crippen LogP contribution in [-0.2, 0) is 9.53 Å². The lowest BCUT2D eigenvalue weighted by Gasteiger charge is -2.11. The zero-order valence-corrected chi connectivity index (χ0v) is 8.24. The number of carboxylic acids is 1. The molecule has 2 aliphatic rings. The molecular weight excluding hydrogens is 182 g/mol. The van der Waals surface area contributed by atoms with E-state index in [1.54, 1.807) is 0 Å². The number of ether oxygens (including phenoxy) is 1. The smallest absolute Gasteiger partial charge is 0.332 e. The Labute approximate surface area is 83.6 Å². The lowest BCUT2D eigenvalue weighted by molar-refractivity contribution is -0.149. The summed E-state index contributed by atoms with van der Waals surface area (Å²) in [5, 5.41) is 12.0. The van der Waals surface area contributed by atoms with E-state index in [4.69, 9.17) is 9.84 Å². The molecular formula is C10H17NO3. The molecule has 2 N–H and O–H groups in total. The number of hydrogen-bond donors (Lipinski definition) is 2. The van der Waals surface area contributed by atoms with Crippen molar-refractivity contribution in [1.29, 1.82) is 0 Å². The Morgan fingerprint density at radius 2 is 2.07 bits per heavy atom. The third kappa shape index (κ3) is 2.69. The molecule has 0 bridgehead atoms. The quantitative estimate of drug-likeness (QED) is 0.681. The van der Waals surface area contributed by atoms with Crippen LogP contribution in [0.2, 0.25) is 0 Å². The van der Waals surface area contributed by atoms with Crippen molar-refractivity contribution >= 4 is 5.97 Å². The van der Waals surface area contributed by atoms with Crippen LogP contribution >= 0.6 is 0 Å². The van der Waals surface area contributed by atoms with Gasteiger partial charge in [0.2, 0.25) is 0 Å². The lowest BCUT2D eigenvalue weighted by atomic mass is 10.2. The molecule has 0 amide bonds. The maximum atomic E-state index is 10.6. The van der Waals surface area contributed by atoms with Crippen LogP contribution in [-0.4, -0.2) is 36.4 Å². The second kappa shape index (κ2) is 4.28. The van der Waals surface area contributed by atoms with Crippen LogP contribution in [0.15, 0.2) is 0 Å². The van der Waals surface area contributed by atoms with E-state index in [2.05, 4.69) is 5.32 Å². The van der Waals surface area contributed by atoms with Crippen molar-refractivity contribution in [2.45, 2.75) is 37.9 Å². The van der Waals surface area contributed by atoms with Crippen molar-refractivity contribution in [1.82, 2.24) is 5.32 Å². The van der Waals surface area contributed by atoms with Gasteiger partial charge in [-0.3, -0.25) is 0 Å². The Balaban J connectivity index is 1.60. The minimum absolute atomic E-state index is 0.106. The molecule has 1 aliphatic heterocycles. The van der Waals surface area contributed by atoms with Crippen molar-refractivity contribution < 1.29 is 14.6 Å². The number of carbonyl (C=O) groups is 1. The van der Waals surface area contributed by atoms with Crippen LogP contribution in [0.1, 0.15) is 25.7 Å². The third-order valence-electron chi connectivity index (χ3n) is 2.88. The highest BCUT2D eigenvalue weighted by atomic mass is 16.5. The standard InChI is InChI=1S/C10H17NO3/c12-10(13)9-4-3-8(14-9)6-11-5-7-1-2-7/h7-9,11H,1-6H2,(H,12,13). The number of carboxylic acid groups (broad SMARTS) is 1. The van der Waals surface area contributed by atoms with Crippen molar-refractivity contribution in [3.63, 3.8) is 0 Å². The van der Waals surface area contributed by atoms with Gasteiger partial charge in [0.1, 0.15) is 0 Å². The van der Waals surface area contributed by atoms with Gasteiger partial charge in [-0.15, -0.1) is 0 Å². The summed E-state index contributed by atoms with van der Waals surface area (Å²) < 4.78 is 5.36. The predicted octanol–water partition coefficient (Wildman–Crippen LogP) is 0.618. The molecule has 80 valence electrons. The van der Waals surface area contributed by atoms with Gasteiger partial charge in [-0.25, -0.2) is 4.79 Å². The zero-order chi connectivity index (χ0) is 9.97. The summed E-state index contributed by atoms with van der Waals surface area (Å²) in [6.07, 6.45) is 3.75. The molecule has 1 heterocycles. The molecule has 1 saturated carbocycles. The Kier molecular flexibility index (Phi) is 3.03. The van der Waals surface area contributed by atoms with Crippen molar-refractivity contribution in [2.24, 2.45) is 5.92 Å². The number of nitrogens with one attached hydrogen (secondary N) is 1. The van der Waals surface area contributed by atoms with Gasteiger partial charge in [0.15, 0.2) is 6.10 Å². The number of aliphatic carboxylic acids is 1. The van der Waals surface area contributed by atoms with Crippen LogP contribution in [0.25, 0.3) is 0 Å². The summed E-state index contributed by atoms with van der Waals surface area (Å²) in [5.74, 6) is 0.0429. The van der Waals surface area contributed by atoms with Gasteiger partial charge >= 0.3 is 5.97 Å². The molecule has 4 heteroatoms. The highest BCUT2D eigenvalue weighted by Gasteiger charge is 2.30. The van der Waals surface area contributed by atoms with Gasteiger partial charge in [0, 0.05) is 6.54 Å². The Morgan fingerprint density at radius 3 is 2.64 bits per heavy atom. The Hall–Kier alpha value is -0.610. The molecule has 0 aromatic heterocycles. The first kappa shape index (κ1) is 9.93. The maximum absolute atomic E-state index is 10.6. The van der Waals surface area contributed by atoms with E-state index in [-0.39, 0.29) is 6.10 Å². The van der Waals surface area contributed by atoms with E-state index in [0.717, 1.165) is 25.4 Å². The largest absolute Gasteiger partial charge is 0.479 e. The summed E-state index contributed by atoms with van der Waals surface area (Å²) in [6, 6.07) is 0. The zero-order valence-electron chi connectivity index (χ0n) is 8.24. The third-order valence-corrected chi connectivity index (χ3v) is 2.88. The minimum atomic E-state index is -0.824. The lowest BCUT2D eigenvalue weighted by Crippen LogP contribution is -2.30. The summed E-state index contributed by atoms with van der Waals surface area (Å²) >= 11 is 0.